The first kappa shape index (κ1) is 29.2. The molecule has 0 bridgehead atoms. The molecule has 1 N–H and O–H groups in total. The molecule has 0 radical (unpaired) electrons. The van der Waals surface area contributed by atoms with Gasteiger partial charge in [-0.05, 0) is 79.1 Å². The van der Waals surface area contributed by atoms with Crippen molar-refractivity contribution in [3.63, 3.8) is 0 Å². The Kier molecular flexibility index (Phi) is 7.70. The molecule has 0 unspecified atom stereocenters. The van der Waals surface area contributed by atoms with Crippen LogP contribution in [0.4, 0.5) is 18.9 Å². The summed E-state index contributed by atoms with van der Waals surface area (Å²) in [6.45, 7) is 6.98. The number of fused-ring (bicyclic) bond motifs is 2. The zero-order chi connectivity index (χ0) is 29.6. The zero-order valence-electron chi connectivity index (χ0n) is 23.5. The highest BCUT2D eigenvalue weighted by molar-refractivity contribution is 6.30. The van der Waals surface area contributed by atoms with Gasteiger partial charge in [-0.15, -0.1) is 0 Å². The Bertz CT molecular complexity index is 1460. The van der Waals surface area contributed by atoms with E-state index in [0.717, 1.165) is 71.6 Å². The smallest absolute Gasteiger partial charge is 0.366 e. The number of alkyl halides is 3. The molecule has 6 rings (SSSR count). The van der Waals surface area contributed by atoms with Gasteiger partial charge in [-0.1, -0.05) is 54.9 Å². The minimum Gasteiger partial charge on any atom is -0.366 e. The third-order valence-electron chi connectivity index (χ3n) is 8.40. The van der Waals surface area contributed by atoms with Crippen LogP contribution in [-0.4, -0.2) is 18.2 Å². The van der Waals surface area contributed by atoms with Crippen molar-refractivity contribution < 1.29 is 22.8 Å². The standard InChI is InChI=1S/C19H17ClF3N.C14H17NO2/c1-12-8-15(20)9-16-17(12)24(11-18(16)6-7-18)10-13-2-4-14(5-3-13)19(21,22)23;1-3-13(17)11-4-6-12(7-5-11)14(8-9-14)15-10(2)16/h2-5,8-9H,6-7,10-11H2,1H3;4-7H,3,8-9H2,1-2H3,(H,15,16). The predicted molar refractivity (Wildman–Crippen MR) is 155 cm³/mol. The van der Waals surface area contributed by atoms with Crippen molar-refractivity contribution in [1.82, 2.24) is 5.32 Å². The molecule has 2 fully saturated rings. The Labute approximate surface area is 243 Å². The minimum atomic E-state index is -4.29. The number of benzene rings is 3. The lowest BCUT2D eigenvalue weighted by atomic mass is 9.97. The van der Waals surface area contributed by atoms with Crippen molar-refractivity contribution in [2.24, 2.45) is 0 Å². The molecule has 3 aromatic carbocycles. The average Bonchev–Trinajstić information content (AvgIpc) is 3.84. The van der Waals surface area contributed by atoms with Gasteiger partial charge in [0.05, 0.1) is 11.1 Å². The summed E-state index contributed by atoms with van der Waals surface area (Å²) in [5, 5.41) is 3.74. The molecule has 3 aromatic rings. The lowest BCUT2D eigenvalue weighted by Crippen LogP contribution is -2.32. The van der Waals surface area contributed by atoms with E-state index in [1.165, 1.54) is 18.2 Å². The van der Waals surface area contributed by atoms with E-state index in [-0.39, 0.29) is 22.6 Å². The number of ketones is 1. The van der Waals surface area contributed by atoms with Gasteiger partial charge in [0, 0.05) is 48.1 Å². The van der Waals surface area contributed by atoms with Crippen LogP contribution < -0.4 is 10.2 Å². The maximum atomic E-state index is 12.7. The van der Waals surface area contributed by atoms with Crippen LogP contribution in [-0.2, 0) is 28.5 Å². The van der Waals surface area contributed by atoms with Crippen LogP contribution in [0.15, 0.2) is 60.7 Å². The van der Waals surface area contributed by atoms with E-state index in [9.17, 15) is 22.8 Å². The SMILES string of the molecule is CCC(=O)c1ccc(C2(NC(C)=O)CC2)cc1.Cc1cc(Cl)cc2c1N(Cc1ccc(C(F)(F)F)cc1)CC21CC1. The first-order valence-corrected chi connectivity index (χ1v) is 14.4. The fourth-order valence-electron chi connectivity index (χ4n) is 5.95. The van der Waals surface area contributed by atoms with Crippen LogP contribution in [0.3, 0.4) is 0 Å². The van der Waals surface area contributed by atoms with E-state index in [0.29, 0.717) is 13.0 Å². The third kappa shape index (κ3) is 6.15. The van der Waals surface area contributed by atoms with Crippen molar-refractivity contribution >= 4 is 29.0 Å². The fourth-order valence-corrected chi connectivity index (χ4v) is 6.22. The largest absolute Gasteiger partial charge is 0.416 e. The van der Waals surface area contributed by atoms with Gasteiger partial charge in [0.2, 0.25) is 5.91 Å². The molecule has 216 valence electrons. The molecule has 0 aromatic heterocycles. The number of aryl methyl sites for hydroxylation is 1. The second-order valence-electron chi connectivity index (χ2n) is 11.6. The van der Waals surface area contributed by atoms with Crippen molar-refractivity contribution in [3.8, 4) is 0 Å². The molecule has 0 saturated heterocycles. The molecule has 1 aliphatic heterocycles. The zero-order valence-corrected chi connectivity index (χ0v) is 24.3. The van der Waals surface area contributed by atoms with Crippen molar-refractivity contribution in [3.05, 3.63) is 99.1 Å². The molecule has 3 aliphatic rings. The highest BCUT2D eigenvalue weighted by Crippen LogP contribution is 2.58. The Morgan fingerprint density at radius 2 is 1.61 bits per heavy atom. The van der Waals surface area contributed by atoms with Crippen LogP contribution in [0.5, 0.6) is 0 Å². The number of halogens is 4. The molecular weight excluding hydrogens is 549 g/mol. The number of rotatable bonds is 6. The quantitative estimate of drug-likeness (QED) is 0.299. The summed E-state index contributed by atoms with van der Waals surface area (Å²) in [6, 6.07) is 17.1. The number of carbonyl (C=O) groups excluding carboxylic acids is 2. The normalized spacial score (nSPS) is 17.4. The van der Waals surface area contributed by atoms with Gasteiger partial charge in [0.15, 0.2) is 5.78 Å². The van der Waals surface area contributed by atoms with E-state index in [1.54, 1.807) is 12.1 Å². The van der Waals surface area contributed by atoms with Crippen LogP contribution >= 0.6 is 11.6 Å². The van der Waals surface area contributed by atoms with Gasteiger partial charge in [-0.3, -0.25) is 9.59 Å². The molecule has 1 amide bonds. The molecule has 2 saturated carbocycles. The maximum Gasteiger partial charge on any atom is 0.416 e. The Morgan fingerprint density at radius 3 is 2.12 bits per heavy atom. The van der Waals surface area contributed by atoms with E-state index >= 15 is 0 Å². The Morgan fingerprint density at radius 1 is 0.976 bits per heavy atom. The summed E-state index contributed by atoms with van der Waals surface area (Å²) in [4.78, 5) is 24.9. The van der Waals surface area contributed by atoms with Crippen molar-refractivity contribution in [2.45, 2.75) is 76.6 Å². The van der Waals surface area contributed by atoms with Gasteiger partial charge in [-0.25, -0.2) is 0 Å². The summed E-state index contributed by atoms with van der Waals surface area (Å²) in [6.07, 6.45) is 0.508. The number of amides is 1. The number of Topliss-reactive ketones (excluding diaryl/α,β-unsaturated/α-hetero) is 1. The van der Waals surface area contributed by atoms with Gasteiger partial charge < -0.3 is 10.2 Å². The van der Waals surface area contributed by atoms with E-state index in [4.69, 9.17) is 11.6 Å². The summed E-state index contributed by atoms with van der Waals surface area (Å²) < 4.78 is 38.1. The first-order valence-electron chi connectivity index (χ1n) is 14.0. The molecule has 2 aliphatic carbocycles. The number of hydrogen-bond acceptors (Lipinski definition) is 3. The van der Waals surface area contributed by atoms with Gasteiger partial charge in [0.1, 0.15) is 0 Å². The van der Waals surface area contributed by atoms with E-state index < -0.39 is 11.7 Å². The summed E-state index contributed by atoms with van der Waals surface area (Å²) in [5.41, 5.74) is 5.81. The second-order valence-corrected chi connectivity index (χ2v) is 12.0. The van der Waals surface area contributed by atoms with Crippen LogP contribution in [0.25, 0.3) is 0 Å². The van der Waals surface area contributed by atoms with Crippen LogP contribution in [0.1, 0.15) is 84.1 Å². The van der Waals surface area contributed by atoms with E-state index in [1.807, 2.05) is 44.2 Å². The molecular formula is C33H34ClF3N2O2. The topological polar surface area (TPSA) is 49.4 Å². The van der Waals surface area contributed by atoms with E-state index in [2.05, 4.69) is 16.3 Å². The maximum absolute atomic E-state index is 12.7. The fraction of sp³-hybridized carbons (Fsp3) is 0.394. The average molecular weight is 583 g/mol. The Hall–Kier alpha value is -3.32. The second kappa shape index (κ2) is 10.8. The monoisotopic (exact) mass is 582 g/mol. The highest BCUT2D eigenvalue weighted by Gasteiger charge is 2.52. The van der Waals surface area contributed by atoms with Crippen molar-refractivity contribution in [2.75, 3.05) is 11.4 Å². The summed E-state index contributed by atoms with van der Waals surface area (Å²) >= 11 is 6.23. The van der Waals surface area contributed by atoms with Gasteiger partial charge in [0.25, 0.3) is 0 Å². The van der Waals surface area contributed by atoms with Gasteiger partial charge >= 0.3 is 6.18 Å². The predicted octanol–water partition coefficient (Wildman–Crippen LogP) is 8.12. The Balaban J connectivity index is 0.000000175. The molecule has 4 nitrogen and oxygen atoms in total. The number of carbonyl (C=O) groups is 2. The summed E-state index contributed by atoms with van der Waals surface area (Å²) in [7, 11) is 0. The van der Waals surface area contributed by atoms with Crippen LogP contribution in [0, 0.1) is 6.92 Å². The molecule has 0 atom stereocenters. The number of anilines is 1. The number of hydrogen-bond donors (Lipinski definition) is 1. The minimum absolute atomic E-state index is 0.00351. The number of nitrogens with zero attached hydrogens (tertiary/aromatic N) is 1. The lowest BCUT2D eigenvalue weighted by Gasteiger charge is -2.22. The molecule has 8 heteroatoms. The van der Waals surface area contributed by atoms with Crippen molar-refractivity contribution in [1.29, 1.82) is 0 Å². The van der Waals surface area contributed by atoms with Crippen LogP contribution in [0.2, 0.25) is 5.02 Å². The molecule has 1 heterocycles. The number of nitrogens with one attached hydrogen (secondary N) is 1. The van der Waals surface area contributed by atoms with Gasteiger partial charge in [-0.2, -0.15) is 13.2 Å². The highest BCUT2D eigenvalue weighted by atomic mass is 35.5. The molecule has 41 heavy (non-hydrogen) atoms. The molecule has 1 spiro atoms. The third-order valence-corrected chi connectivity index (χ3v) is 8.62. The summed E-state index contributed by atoms with van der Waals surface area (Å²) in [5.74, 6) is 0.150. The first-order chi connectivity index (χ1) is 19.4. The lowest BCUT2D eigenvalue weighted by molar-refractivity contribution is -0.137.